The lowest BCUT2D eigenvalue weighted by Gasteiger charge is -2.19. The highest BCUT2D eigenvalue weighted by molar-refractivity contribution is 7.53. The van der Waals surface area contributed by atoms with Crippen LogP contribution in [0.4, 0.5) is 0 Å². The zero-order chi connectivity index (χ0) is 32.1. The van der Waals surface area contributed by atoms with Crippen LogP contribution in [0.5, 0.6) is 11.5 Å². The summed E-state index contributed by atoms with van der Waals surface area (Å²) in [6.07, 6.45) is 0.228. The Balaban J connectivity index is 1.46. The number of hydrogen-bond donors (Lipinski definition) is 2. The molecule has 9 nitrogen and oxygen atoms in total. The minimum atomic E-state index is -3.29. The second-order valence-corrected chi connectivity index (χ2v) is 12.3. The van der Waals surface area contributed by atoms with E-state index in [4.69, 9.17) is 24.3 Å². The number of nitrogens with one attached hydrogen (secondary N) is 1. The standard InChI is InChI=1S/C35H39N2O7P/c1-3-43-45(40,44-4-2)25-28-15-18-30(19-16-28)35(39)37-31(34(36)38)21-29-17-20-32(41-23-26-11-7-5-8-12-26)33(22-29)42-24-27-13-9-6-10-14-27/h5-20,22,31H,3-4,21,23-25H2,1-2H3,(H2,36,38)(H,37,39)/t31-/m0/s1. The molecule has 1 atom stereocenters. The molecule has 45 heavy (non-hydrogen) atoms. The molecule has 0 aliphatic heterocycles. The summed E-state index contributed by atoms with van der Waals surface area (Å²) in [6, 6.07) is 30.6. The van der Waals surface area contributed by atoms with Gasteiger partial charge < -0.3 is 29.6 Å². The van der Waals surface area contributed by atoms with Gasteiger partial charge in [-0.2, -0.15) is 0 Å². The third-order valence-corrected chi connectivity index (χ3v) is 8.87. The molecule has 10 heteroatoms. The number of rotatable bonds is 17. The van der Waals surface area contributed by atoms with Crippen LogP contribution in [0.3, 0.4) is 0 Å². The molecule has 3 N–H and O–H groups in total. The third kappa shape index (κ3) is 10.3. The molecule has 0 aliphatic carbocycles. The second kappa shape index (κ2) is 16.6. The van der Waals surface area contributed by atoms with Gasteiger partial charge in [0.25, 0.3) is 5.91 Å². The summed E-state index contributed by atoms with van der Waals surface area (Å²) in [4.78, 5) is 25.5. The molecule has 4 rings (SSSR count). The molecule has 2 amide bonds. The fraction of sp³-hybridized carbons (Fsp3) is 0.257. The quantitative estimate of drug-likeness (QED) is 0.129. The minimum absolute atomic E-state index is 0.0836. The molecule has 0 spiro atoms. The summed E-state index contributed by atoms with van der Waals surface area (Å²) in [5, 5.41) is 2.74. The number of amides is 2. The highest BCUT2D eigenvalue weighted by Gasteiger charge is 2.25. The van der Waals surface area contributed by atoms with Gasteiger partial charge in [0, 0.05) is 12.0 Å². The first kappa shape index (κ1) is 33.5. The monoisotopic (exact) mass is 630 g/mol. The zero-order valence-corrected chi connectivity index (χ0v) is 26.4. The molecule has 236 valence electrons. The van der Waals surface area contributed by atoms with Gasteiger partial charge in [-0.05, 0) is 60.4 Å². The predicted octanol–water partition coefficient (Wildman–Crippen LogP) is 6.44. The van der Waals surface area contributed by atoms with Crippen LogP contribution < -0.4 is 20.5 Å². The molecular formula is C35H39N2O7P. The van der Waals surface area contributed by atoms with E-state index < -0.39 is 25.5 Å². The lowest BCUT2D eigenvalue weighted by molar-refractivity contribution is -0.119. The van der Waals surface area contributed by atoms with Gasteiger partial charge in [-0.1, -0.05) is 78.9 Å². The fourth-order valence-corrected chi connectivity index (χ4v) is 6.29. The van der Waals surface area contributed by atoms with Crippen molar-refractivity contribution in [1.82, 2.24) is 5.32 Å². The molecule has 0 aliphatic rings. The van der Waals surface area contributed by atoms with E-state index in [1.165, 1.54) is 0 Å². The van der Waals surface area contributed by atoms with Crippen molar-refractivity contribution in [3.05, 3.63) is 131 Å². The number of benzene rings is 4. The van der Waals surface area contributed by atoms with Crippen LogP contribution in [0.25, 0.3) is 0 Å². The van der Waals surface area contributed by atoms with Crippen molar-refractivity contribution in [2.24, 2.45) is 5.73 Å². The average Bonchev–Trinajstić information content (AvgIpc) is 3.04. The summed E-state index contributed by atoms with van der Waals surface area (Å²) in [7, 11) is -3.29. The zero-order valence-electron chi connectivity index (χ0n) is 25.5. The molecule has 0 bridgehead atoms. The molecule has 0 saturated carbocycles. The van der Waals surface area contributed by atoms with Crippen molar-refractivity contribution in [1.29, 1.82) is 0 Å². The van der Waals surface area contributed by atoms with Gasteiger partial charge in [-0.15, -0.1) is 0 Å². The molecule has 0 unspecified atom stereocenters. The van der Waals surface area contributed by atoms with Gasteiger partial charge in [-0.3, -0.25) is 14.2 Å². The average molecular weight is 631 g/mol. The number of nitrogens with two attached hydrogens (primary N) is 1. The molecule has 4 aromatic rings. The molecule has 0 saturated heterocycles. The maximum Gasteiger partial charge on any atom is 0.335 e. The Bertz CT molecular complexity index is 1570. The molecule has 0 fully saturated rings. The number of hydrogen-bond acceptors (Lipinski definition) is 7. The minimum Gasteiger partial charge on any atom is -0.485 e. The Morgan fingerprint density at radius 1 is 0.711 bits per heavy atom. The largest absolute Gasteiger partial charge is 0.485 e. The molecule has 0 aromatic heterocycles. The Kier molecular flexibility index (Phi) is 12.3. The third-order valence-electron chi connectivity index (χ3n) is 6.81. The van der Waals surface area contributed by atoms with Crippen molar-refractivity contribution >= 4 is 19.4 Å². The Morgan fingerprint density at radius 2 is 1.24 bits per heavy atom. The summed E-state index contributed by atoms with van der Waals surface area (Å²) in [6.45, 7) is 4.70. The van der Waals surface area contributed by atoms with Crippen LogP contribution >= 0.6 is 7.60 Å². The Labute approximate surface area is 264 Å². The van der Waals surface area contributed by atoms with Gasteiger partial charge >= 0.3 is 7.60 Å². The van der Waals surface area contributed by atoms with Gasteiger partial charge in [-0.25, -0.2) is 0 Å². The smallest absolute Gasteiger partial charge is 0.335 e. The van der Waals surface area contributed by atoms with E-state index in [1.54, 1.807) is 50.2 Å². The van der Waals surface area contributed by atoms with Crippen molar-refractivity contribution in [3.63, 3.8) is 0 Å². The van der Waals surface area contributed by atoms with E-state index in [2.05, 4.69) is 5.32 Å². The van der Waals surface area contributed by atoms with Crippen LogP contribution in [-0.4, -0.2) is 31.1 Å². The SMILES string of the molecule is CCOP(=O)(Cc1ccc(C(=O)N[C@@H](Cc2ccc(OCc3ccccc3)c(OCc3ccccc3)c2)C(N)=O)cc1)OCC. The van der Waals surface area contributed by atoms with Gasteiger partial charge in [0.2, 0.25) is 5.91 Å². The van der Waals surface area contributed by atoms with E-state index in [0.717, 1.165) is 16.7 Å². The van der Waals surface area contributed by atoms with E-state index >= 15 is 0 Å². The normalized spacial score (nSPS) is 11.9. The first-order chi connectivity index (χ1) is 21.8. The number of carbonyl (C=O) groups is 2. The lowest BCUT2D eigenvalue weighted by atomic mass is 10.0. The Hall–Kier alpha value is -4.43. The van der Waals surface area contributed by atoms with E-state index in [0.29, 0.717) is 35.8 Å². The highest BCUT2D eigenvalue weighted by atomic mass is 31.2. The predicted molar refractivity (Wildman–Crippen MR) is 173 cm³/mol. The Morgan fingerprint density at radius 3 is 1.78 bits per heavy atom. The van der Waals surface area contributed by atoms with E-state index in [9.17, 15) is 14.2 Å². The second-order valence-electron chi connectivity index (χ2n) is 10.3. The van der Waals surface area contributed by atoms with Gasteiger partial charge in [0.1, 0.15) is 19.3 Å². The van der Waals surface area contributed by atoms with Crippen LogP contribution in [0.2, 0.25) is 0 Å². The van der Waals surface area contributed by atoms with Crippen LogP contribution in [0.1, 0.15) is 46.5 Å². The first-order valence-electron chi connectivity index (χ1n) is 14.8. The fourth-order valence-electron chi connectivity index (χ4n) is 4.59. The van der Waals surface area contributed by atoms with E-state index in [-0.39, 0.29) is 25.8 Å². The van der Waals surface area contributed by atoms with Crippen LogP contribution in [0, 0.1) is 0 Å². The summed E-state index contributed by atoms with van der Waals surface area (Å²) in [5.41, 5.74) is 9.46. The molecule has 4 aromatic carbocycles. The summed E-state index contributed by atoms with van der Waals surface area (Å²) < 4.78 is 35.8. The number of primary amides is 1. The lowest BCUT2D eigenvalue weighted by Crippen LogP contribution is -2.45. The molecule has 0 radical (unpaired) electrons. The highest BCUT2D eigenvalue weighted by Crippen LogP contribution is 2.51. The van der Waals surface area contributed by atoms with Crippen molar-refractivity contribution in [3.8, 4) is 11.5 Å². The van der Waals surface area contributed by atoms with E-state index in [1.807, 2.05) is 66.7 Å². The summed E-state index contributed by atoms with van der Waals surface area (Å²) >= 11 is 0. The first-order valence-corrected chi connectivity index (χ1v) is 16.5. The number of ether oxygens (including phenoxy) is 2. The van der Waals surface area contributed by atoms with Crippen molar-refractivity contribution in [2.45, 2.75) is 45.7 Å². The van der Waals surface area contributed by atoms with Crippen molar-refractivity contribution < 1.29 is 32.7 Å². The van der Waals surface area contributed by atoms with Crippen molar-refractivity contribution in [2.75, 3.05) is 13.2 Å². The van der Waals surface area contributed by atoms with Gasteiger partial charge in [0.15, 0.2) is 11.5 Å². The maximum absolute atomic E-state index is 13.1. The maximum atomic E-state index is 13.1. The van der Waals surface area contributed by atoms with Crippen LogP contribution in [0.15, 0.2) is 103 Å². The number of carbonyl (C=O) groups excluding carboxylic acids is 2. The molecule has 0 heterocycles. The topological polar surface area (TPSA) is 126 Å². The van der Waals surface area contributed by atoms with Gasteiger partial charge in [0.05, 0.1) is 19.4 Å². The van der Waals surface area contributed by atoms with Crippen LogP contribution in [-0.2, 0) is 44.2 Å². The molecular weight excluding hydrogens is 591 g/mol. The summed E-state index contributed by atoms with van der Waals surface area (Å²) in [5.74, 6) is -0.0812.